The van der Waals surface area contributed by atoms with Gasteiger partial charge in [0.25, 0.3) is 0 Å². The molecular weight excluding hydrogens is 278 g/mol. The molecule has 2 aromatic rings. The number of benzene rings is 1. The zero-order valence-corrected chi connectivity index (χ0v) is 12.4. The van der Waals surface area contributed by atoms with E-state index < -0.39 is 0 Å². The molecule has 114 valence electrons. The molecule has 0 aliphatic heterocycles. The molecule has 1 aromatic heterocycles. The summed E-state index contributed by atoms with van der Waals surface area (Å²) in [6.07, 6.45) is 3.06. The third kappa shape index (κ3) is 2.43. The predicted octanol–water partition coefficient (Wildman–Crippen LogP) is 2.19. The highest BCUT2D eigenvalue weighted by Crippen LogP contribution is 2.35. The molecule has 1 aliphatic rings. The van der Waals surface area contributed by atoms with Crippen molar-refractivity contribution in [3.8, 4) is 5.75 Å². The van der Waals surface area contributed by atoms with Crippen LogP contribution in [0.2, 0.25) is 0 Å². The number of nitrogen functional groups attached to an aromatic ring is 2. The van der Waals surface area contributed by atoms with Crippen LogP contribution in [0.25, 0.3) is 0 Å². The van der Waals surface area contributed by atoms with E-state index in [0.717, 1.165) is 30.5 Å². The van der Waals surface area contributed by atoms with Crippen LogP contribution in [0.15, 0.2) is 18.2 Å². The topological polar surface area (TPSA) is 121 Å². The number of pyridine rings is 1. The van der Waals surface area contributed by atoms with Gasteiger partial charge in [-0.15, -0.1) is 0 Å². The fraction of sp³-hybridized carbons (Fsp3) is 0.250. The van der Waals surface area contributed by atoms with E-state index >= 15 is 0 Å². The van der Waals surface area contributed by atoms with Gasteiger partial charge in [0.05, 0.1) is 5.56 Å². The lowest BCUT2D eigenvalue weighted by Crippen LogP contribution is -2.15. The predicted molar refractivity (Wildman–Crippen MR) is 87.8 cm³/mol. The van der Waals surface area contributed by atoms with Crippen LogP contribution in [0.3, 0.4) is 0 Å². The molecule has 0 radical (unpaired) electrons. The number of anilines is 3. The van der Waals surface area contributed by atoms with Gasteiger partial charge < -0.3 is 21.9 Å². The number of amidine groups is 1. The van der Waals surface area contributed by atoms with Crippen LogP contribution < -0.4 is 16.8 Å². The number of aryl methyl sites for hydroxylation is 2. The van der Waals surface area contributed by atoms with E-state index in [4.69, 9.17) is 16.9 Å². The van der Waals surface area contributed by atoms with Gasteiger partial charge in [0.15, 0.2) is 0 Å². The van der Waals surface area contributed by atoms with Crippen LogP contribution in [0.4, 0.5) is 17.3 Å². The summed E-state index contributed by atoms with van der Waals surface area (Å²) in [5.41, 5.74) is 15.9. The van der Waals surface area contributed by atoms with Crippen molar-refractivity contribution in [3.05, 3.63) is 40.5 Å². The maximum atomic E-state index is 9.87. The normalized spacial score (nSPS) is 13.0. The fourth-order valence-corrected chi connectivity index (χ4v) is 2.90. The summed E-state index contributed by atoms with van der Waals surface area (Å²) >= 11 is 0. The minimum Gasteiger partial charge on any atom is -0.508 e. The Hall–Kier alpha value is -2.76. The molecule has 0 atom stereocenters. The highest BCUT2D eigenvalue weighted by molar-refractivity contribution is 5.99. The number of hydrogen-bond acceptors (Lipinski definition) is 5. The van der Waals surface area contributed by atoms with Gasteiger partial charge in [-0.25, -0.2) is 4.98 Å². The Kier molecular flexibility index (Phi) is 3.36. The van der Waals surface area contributed by atoms with Crippen molar-refractivity contribution in [1.29, 1.82) is 5.41 Å². The van der Waals surface area contributed by atoms with Crippen molar-refractivity contribution in [2.75, 3.05) is 11.1 Å². The number of aromatic hydroxyl groups is 1. The summed E-state index contributed by atoms with van der Waals surface area (Å²) in [5.74, 6) is 0.978. The van der Waals surface area contributed by atoms with Gasteiger partial charge in [-0.1, -0.05) is 0 Å². The quantitative estimate of drug-likeness (QED) is 0.439. The summed E-state index contributed by atoms with van der Waals surface area (Å²) in [5, 5.41) is 20.6. The second kappa shape index (κ2) is 5.22. The van der Waals surface area contributed by atoms with E-state index in [1.54, 1.807) is 12.1 Å². The number of aromatic nitrogens is 1. The highest BCUT2D eigenvalue weighted by Gasteiger charge is 2.18. The molecule has 1 aromatic carbocycles. The molecule has 7 N–H and O–H groups in total. The van der Waals surface area contributed by atoms with Gasteiger partial charge >= 0.3 is 0 Å². The summed E-state index contributed by atoms with van der Waals surface area (Å²) in [6.45, 7) is 1.88. The fourth-order valence-electron chi connectivity index (χ4n) is 2.90. The zero-order valence-electron chi connectivity index (χ0n) is 12.4. The van der Waals surface area contributed by atoms with Gasteiger partial charge in [0, 0.05) is 11.8 Å². The maximum Gasteiger partial charge on any atom is 0.136 e. The number of fused-ring (bicyclic) bond motifs is 1. The minimum atomic E-state index is -0.0992. The average Bonchev–Trinajstić information content (AvgIpc) is 2.90. The molecule has 6 heteroatoms. The first-order valence-electron chi connectivity index (χ1n) is 7.19. The molecule has 0 unspecified atom stereocenters. The average molecular weight is 297 g/mol. The Morgan fingerprint density at radius 3 is 2.82 bits per heavy atom. The lowest BCUT2D eigenvalue weighted by atomic mass is 10.1. The van der Waals surface area contributed by atoms with E-state index in [1.807, 2.05) is 13.0 Å². The summed E-state index contributed by atoms with van der Waals surface area (Å²) in [6, 6.07) is 5.28. The first-order chi connectivity index (χ1) is 10.5. The molecule has 0 amide bonds. The summed E-state index contributed by atoms with van der Waals surface area (Å²) in [4.78, 5) is 4.31. The summed E-state index contributed by atoms with van der Waals surface area (Å²) < 4.78 is 0. The first kappa shape index (κ1) is 14.2. The van der Waals surface area contributed by atoms with E-state index in [1.165, 1.54) is 11.1 Å². The van der Waals surface area contributed by atoms with Crippen molar-refractivity contribution in [3.63, 3.8) is 0 Å². The van der Waals surface area contributed by atoms with E-state index in [-0.39, 0.29) is 17.4 Å². The SMILES string of the molecule is Cc1cc(C(=N)N)c(N)nc1Nc1cc(O)cc2c1CCC2. The highest BCUT2D eigenvalue weighted by atomic mass is 16.3. The first-order valence-corrected chi connectivity index (χ1v) is 7.19. The number of nitrogens with zero attached hydrogens (tertiary/aromatic N) is 1. The van der Waals surface area contributed by atoms with E-state index in [9.17, 15) is 5.11 Å². The number of nitrogens with one attached hydrogen (secondary N) is 2. The second-order valence-corrected chi connectivity index (χ2v) is 5.61. The van der Waals surface area contributed by atoms with Crippen molar-refractivity contribution >= 4 is 23.2 Å². The van der Waals surface area contributed by atoms with Gasteiger partial charge in [0.2, 0.25) is 0 Å². The number of phenolic OH excluding ortho intramolecular Hbond substituents is 1. The zero-order chi connectivity index (χ0) is 15.9. The number of nitrogens with two attached hydrogens (primary N) is 2. The lowest BCUT2D eigenvalue weighted by Gasteiger charge is -2.15. The van der Waals surface area contributed by atoms with Gasteiger partial charge in [-0.2, -0.15) is 0 Å². The Morgan fingerprint density at radius 1 is 1.32 bits per heavy atom. The van der Waals surface area contributed by atoms with Crippen molar-refractivity contribution in [2.24, 2.45) is 5.73 Å². The van der Waals surface area contributed by atoms with Crippen LogP contribution in [0.5, 0.6) is 5.75 Å². The third-order valence-electron chi connectivity index (χ3n) is 3.99. The summed E-state index contributed by atoms with van der Waals surface area (Å²) in [7, 11) is 0. The van der Waals surface area contributed by atoms with Crippen LogP contribution >= 0.6 is 0 Å². The van der Waals surface area contributed by atoms with Gasteiger partial charge in [0.1, 0.15) is 23.2 Å². The molecule has 0 saturated carbocycles. The molecule has 6 nitrogen and oxygen atoms in total. The molecule has 1 aliphatic carbocycles. The molecule has 1 heterocycles. The smallest absolute Gasteiger partial charge is 0.136 e. The number of rotatable bonds is 3. The van der Waals surface area contributed by atoms with Gasteiger partial charge in [-0.05, 0) is 55.0 Å². The molecule has 0 saturated heterocycles. The van der Waals surface area contributed by atoms with Crippen LogP contribution in [-0.2, 0) is 12.8 Å². The molecule has 22 heavy (non-hydrogen) atoms. The van der Waals surface area contributed by atoms with E-state index in [2.05, 4.69) is 10.3 Å². The largest absolute Gasteiger partial charge is 0.508 e. The molecular formula is C16H19N5O. The van der Waals surface area contributed by atoms with Crippen molar-refractivity contribution < 1.29 is 5.11 Å². The Morgan fingerprint density at radius 2 is 2.09 bits per heavy atom. The van der Waals surface area contributed by atoms with Gasteiger partial charge in [-0.3, -0.25) is 5.41 Å². The Bertz CT molecular complexity index is 770. The van der Waals surface area contributed by atoms with Crippen LogP contribution in [-0.4, -0.2) is 15.9 Å². The number of hydrogen-bond donors (Lipinski definition) is 5. The Balaban J connectivity index is 2.01. The molecule has 3 rings (SSSR count). The standard InChI is InChI=1S/C16H19N5O/c1-8-5-12(14(17)18)15(19)21-16(8)20-13-7-10(22)6-9-3-2-4-11(9)13/h5-7,22H,2-4H2,1H3,(H3,17,18)(H3,19,20,21). The van der Waals surface area contributed by atoms with Crippen molar-refractivity contribution in [1.82, 2.24) is 4.98 Å². The second-order valence-electron chi connectivity index (χ2n) is 5.61. The molecule has 0 fully saturated rings. The van der Waals surface area contributed by atoms with Crippen LogP contribution in [0.1, 0.15) is 28.7 Å². The van der Waals surface area contributed by atoms with Crippen LogP contribution in [0, 0.1) is 12.3 Å². The maximum absolute atomic E-state index is 9.87. The number of phenols is 1. The monoisotopic (exact) mass is 297 g/mol. The van der Waals surface area contributed by atoms with Crippen molar-refractivity contribution in [2.45, 2.75) is 26.2 Å². The Labute approximate surface area is 128 Å². The lowest BCUT2D eigenvalue weighted by molar-refractivity contribution is 0.475. The molecule has 0 bridgehead atoms. The minimum absolute atomic E-state index is 0.0992. The van der Waals surface area contributed by atoms with E-state index in [0.29, 0.717) is 11.4 Å². The third-order valence-corrected chi connectivity index (χ3v) is 3.99. The molecule has 0 spiro atoms.